The maximum absolute atomic E-state index is 2.50. The molecule has 0 radical (unpaired) electrons. The minimum absolute atomic E-state index is 0.777. The van der Waals surface area contributed by atoms with Crippen molar-refractivity contribution in [2.75, 3.05) is 0 Å². The van der Waals surface area contributed by atoms with Crippen LogP contribution in [0.3, 0.4) is 0 Å². The lowest BCUT2D eigenvalue weighted by molar-refractivity contribution is -0.0858. The fourth-order valence-corrected chi connectivity index (χ4v) is 4.10. The van der Waals surface area contributed by atoms with Crippen molar-refractivity contribution in [3.05, 3.63) is 22.8 Å². The number of rotatable bonds is 1. The van der Waals surface area contributed by atoms with Crippen molar-refractivity contribution in [3.63, 3.8) is 0 Å². The van der Waals surface area contributed by atoms with Crippen molar-refractivity contribution in [1.82, 2.24) is 0 Å². The van der Waals surface area contributed by atoms with Crippen LogP contribution >= 0.6 is 0 Å². The van der Waals surface area contributed by atoms with Crippen molar-refractivity contribution < 1.29 is 0 Å². The molecule has 4 aliphatic rings. The fourth-order valence-electron chi connectivity index (χ4n) is 4.10. The van der Waals surface area contributed by atoms with Crippen LogP contribution < -0.4 is 0 Å². The van der Waals surface area contributed by atoms with Crippen LogP contribution in [0.2, 0.25) is 0 Å². The highest BCUT2D eigenvalue weighted by Crippen LogP contribution is 2.73. The first-order chi connectivity index (χ1) is 6.29. The second-order valence-electron chi connectivity index (χ2n) is 5.58. The van der Waals surface area contributed by atoms with Gasteiger partial charge < -0.3 is 0 Å². The minimum atomic E-state index is 0.777. The quantitative estimate of drug-likeness (QED) is 0.570. The molecule has 0 amide bonds. The summed E-state index contributed by atoms with van der Waals surface area (Å²) in [5, 5.41) is 0. The van der Waals surface area contributed by atoms with Gasteiger partial charge in [-0.1, -0.05) is 19.9 Å². The van der Waals surface area contributed by atoms with Crippen LogP contribution in [0.1, 0.15) is 26.7 Å². The Morgan fingerprint density at radius 3 is 2.46 bits per heavy atom. The molecular formula is C13H16. The molecule has 2 fully saturated rings. The number of hydrogen-bond donors (Lipinski definition) is 0. The Labute approximate surface area is 79.7 Å². The number of allylic oxidation sites excluding steroid dienone is 4. The lowest BCUT2D eigenvalue weighted by atomic mass is 9.34. The molecule has 4 rings (SSSR count). The molecule has 4 unspecified atom stereocenters. The van der Waals surface area contributed by atoms with Gasteiger partial charge in [-0.3, -0.25) is 0 Å². The summed E-state index contributed by atoms with van der Waals surface area (Å²) in [5.41, 5.74) is 5.29. The summed E-state index contributed by atoms with van der Waals surface area (Å²) < 4.78 is 0. The predicted octanol–water partition coefficient (Wildman–Crippen LogP) is 3.16. The highest BCUT2D eigenvalue weighted by molar-refractivity contribution is 5.65. The third-order valence-electron chi connectivity index (χ3n) is 4.94. The van der Waals surface area contributed by atoms with Crippen molar-refractivity contribution in [2.24, 2.45) is 29.6 Å². The van der Waals surface area contributed by atoms with E-state index >= 15 is 0 Å². The zero-order valence-corrected chi connectivity index (χ0v) is 8.38. The van der Waals surface area contributed by atoms with Crippen molar-refractivity contribution >= 4 is 0 Å². The maximum atomic E-state index is 2.50. The van der Waals surface area contributed by atoms with Gasteiger partial charge in [-0.25, -0.2) is 0 Å². The van der Waals surface area contributed by atoms with Crippen molar-refractivity contribution in [3.8, 4) is 0 Å². The van der Waals surface area contributed by atoms with E-state index in [4.69, 9.17) is 0 Å². The molecule has 0 saturated heterocycles. The molecule has 0 aromatic rings. The van der Waals surface area contributed by atoms with E-state index in [0.29, 0.717) is 0 Å². The molecular weight excluding hydrogens is 156 g/mol. The van der Waals surface area contributed by atoms with E-state index in [1.807, 2.05) is 5.57 Å². The van der Waals surface area contributed by atoms with Crippen LogP contribution in [0.15, 0.2) is 22.8 Å². The standard InChI is InChI=1S/C13H16/c1-6(2)9-5-10-11-7-3-4-8(7)13(11)12(9)10/h5-8,11,13H,3-4H2,1-2H3. The molecule has 0 aromatic heterocycles. The first kappa shape index (κ1) is 6.86. The highest BCUT2D eigenvalue weighted by atomic mass is 14.7. The van der Waals surface area contributed by atoms with Crippen LogP contribution in [0.5, 0.6) is 0 Å². The van der Waals surface area contributed by atoms with E-state index in [0.717, 1.165) is 29.6 Å². The predicted molar refractivity (Wildman–Crippen MR) is 53.1 cm³/mol. The van der Waals surface area contributed by atoms with Gasteiger partial charge in [0.1, 0.15) is 0 Å². The molecule has 0 heteroatoms. The molecule has 0 nitrogen and oxygen atoms in total. The molecule has 0 aliphatic heterocycles. The van der Waals surface area contributed by atoms with Gasteiger partial charge in [-0.05, 0) is 59.2 Å². The topological polar surface area (TPSA) is 0 Å². The van der Waals surface area contributed by atoms with Crippen LogP contribution in [-0.4, -0.2) is 0 Å². The summed E-state index contributed by atoms with van der Waals surface area (Å²) in [6.45, 7) is 4.67. The van der Waals surface area contributed by atoms with Gasteiger partial charge in [-0.2, -0.15) is 0 Å². The normalized spacial score (nSPS) is 49.0. The van der Waals surface area contributed by atoms with Gasteiger partial charge in [0.2, 0.25) is 0 Å². The summed E-state index contributed by atoms with van der Waals surface area (Å²) in [6, 6.07) is 0. The second kappa shape index (κ2) is 1.80. The molecule has 4 atom stereocenters. The molecule has 0 heterocycles. The van der Waals surface area contributed by atoms with Gasteiger partial charge in [0.15, 0.2) is 0 Å². The molecule has 68 valence electrons. The Balaban J connectivity index is 1.66. The first-order valence-electron chi connectivity index (χ1n) is 5.75. The van der Waals surface area contributed by atoms with E-state index in [1.165, 1.54) is 12.8 Å². The fraction of sp³-hybridized carbons (Fsp3) is 0.692. The molecule has 2 saturated carbocycles. The highest BCUT2D eigenvalue weighted by Gasteiger charge is 2.65. The molecule has 0 aromatic carbocycles. The maximum Gasteiger partial charge on any atom is -0.00533 e. The van der Waals surface area contributed by atoms with Gasteiger partial charge in [0.05, 0.1) is 0 Å². The van der Waals surface area contributed by atoms with E-state index in [9.17, 15) is 0 Å². The van der Waals surface area contributed by atoms with Crippen LogP contribution in [0.25, 0.3) is 0 Å². The van der Waals surface area contributed by atoms with Crippen LogP contribution in [-0.2, 0) is 0 Å². The second-order valence-corrected chi connectivity index (χ2v) is 5.58. The van der Waals surface area contributed by atoms with Crippen molar-refractivity contribution in [2.45, 2.75) is 26.7 Å². The third kappa shape index (κ3) is 0.521. The van der Waals surface area contributed by atoms with Crippen LogP contribution in [0, 0.1) is 29.6 Å². The van der Waals surface area contributed by atoms with E-state index < -0.39 is 0 Å². The SMILES string of the molecule is CC(C)C1=CC2=C1C1C3CCC3C21. The average molecular weight is 172 g/mol. The van der Waals surface area contributed by atoms with Crippen LogP contribution in [0.4, 0.5) is 0 Å². The average Bonchev–Trinajstić information content (AvgIpc) is 1.98. The van der Waals surface area contributed by atoms with Gasteiger partial charge in [0.25, 0.3) is 0 Å². The van der Waals surface area contributed by atoms with E-state index in [-0.39, 0.29) is 0 Å². The number of fused-ring (bicyclic) bond motifs is 6. The van der Waals surface area contributed by atoms with Crippen molar-refractivity contribution in [1.29, 1.82) is 0 Å². The Morgan fingerprint density at radius 2 is 1.85 bits per heavy atom. The zero-order valence-electron chi connectivity index (χ0n) is 8.38. The monoisotopic (exact) mass is 172 g/mol. The Bertz CT molecular complexity index is 356. The van der Waals surface area contributed by atoms with E-state index in [2.05, 4.69) is 19.9 Å². The molecule has 0 spiro atoms. The molecule has 13 heavy (non-hydrogen) atoms. The molecule has 0 N–H and O–H groups in total. The smallest absolute Gasteiger partial charge is 0.00533 e. The first-order valence-corrected chi connectivity index (χ1v) is 5.75. The molecule has 4 aliphatic carbocycles. The van der Waals surface area contributed by atoms with Gasteiger partial charge in [0, 0.05) is 0 Å². The third-order valence-corrected chi connectivity index (χ3v) is 4.94. The summed E-state index contributed by atoms with van der Waals surface area (Å²) >= 11 is 0. The largest absolute Gasteiger partial charge is 0.0587 e. The number of hydrogen-bond acceptors (Lipinski definition) is 0. The lowest BCUT2D eigenvalue weighted by Crippen LogP contribution is -2.62. The molecule has 0 bridgehead atoms. The van der Waals surface area contributed by atoms with E-state index in [1.54, 1.807) is 11.1 Å². The summed E-state index contributed by atoms with van der Waals surface area (Å²) in [7, 11) is 0. The zero-order chi connectivity index (χ0) is 8.74. The summed E-state index contributed by atoms with van der Waals surface area (Å²) in [4.78, 5) is 0. The van der Waals surface area contributed by atoms with Gasteiger partial charge in [-0.15, -0.1) is 0 Å². The minimum Gasteiger partial charge on any atom is -0.0587 e. The summed E-state index contributed by atoms with van der Waals surface area (Å²) in [6.07, 6.45) is 5.57. The Kier molecular flexibility index (Phi) is 0.949. The van der Waals surface area contributed by atoms with Gasteiger partial charge >= 0.3 is 0 Å². The Hall–Kier alpha value is -0.520. The Morgan fingerprint density at radius 1 is 1.15 bits per heavy atom. The lowest BCUT2D eigenvalue weighted by Gasteiger charge is -2.69. The summed E-state index contributed by atoms with van der Waals surface area (Å²) in [5.74, 6) is 5.14.